The molecule has 1 N–H and O–H groups in total. The van der Waals surface area contributed by atoms with Crippen molar-refractivity contribution in [3.8, 4) is 0 Å². The Hall–Kier alpha value is -1.14. The van der Waals surface area contributed by atoms with Crippen LogP contribution < -0.4 is 5.32 Å². The van der Waals surface area contributed by atoms with Crippen LogP contribution in [0.1, 0.15) is 25.7 Å². The van der Waals surface area contributed by atoms with E-state index in [4.69, 9.17) is 4.74 Å². The molecule has 0 saturated carbocycles. The maximum atomic E-state index is 11.7. The number of amides is 2. The van der Waals surface area contributed by atoms with E-state index in [0.29, 0.717) is 19.5 Å². The minimum Gasteiger partial charge on any atom is -0.365 e. The molecule has 6 heteroatoms. The van der Waals surface area contributed by atoms with Gasteiger partial charge in [0.05, 0.1) is 6.10 Å². The molecule has 2 rings (SSSR count). The van der Waals surface area contributed by atoms with Gasteiger partial charge < -0.3 is 19.9 Å². The Labute approximate surface area is 120 Å². The second-order valence-corrected chi connectivity index (χ2v) is 5.66. The summed E-state index contributed by atoms with van der Waals surface area (Å²) in [7, 11) is 1.76. The van der Waals surface area contributed by atoms with Crippen molar-refractivity contribution in [3.05, 3.63) is 0 Å². The van der Waals surface area contributed by atoms with E-state index in [1.807, 2.05) is 0 Å². The van der Waals surface area contributed by atoms with Crippen molar-refractivity contribution < 1.29 is 14.3 Å². The quantitative estimate of drug-likeness (QED) is 0.735. The lowest BCUT2D eigenvalue weighted by molar-refractivity contribution is -0.146. The molecule has 2 aliphatic heterocycles. The molecular formula is C14H25N3O3. The predicted octanol–water partition coefficient (Wildman–Crippen LogP) is -0.164. The van der Waals surface area contributed by atoms with Gasteiger partial charge in [-0.1, -0.05) is 0 Å². The largest absolute Gasteiger partial charge is 0.365 e. The van der Waals surface area contributed by atoms with Gasteiger partial charge in [0.2, 0.25) is 11.8 Å². The van der Waals surface area contributed by atoms with E-state index in [0.717, 1.165) is 13.0 Å². The number of likely N-dealkylation sites (N-methyl/N-ethyl adjacent to an activating group) is 1. The van der Waals surface area contributed by atoms with Gasteiger partial charge in [0.15, 0.2) is 0 Å². The minimum absolute atomic E-state index is 0.00168. The first-order chi connectivity index (χ1) is 9.65. The molecule has 2 aliphatic rings. The highest BCUT2D eigenvalue weighted by Crippen LogP contribution is 2.08. The molecule has 0 spiro atoms. The second-order valence-electron chi connectivity index (χ2n) is 5.66. The Kier molecular flexibility index (Phi) is 5.79. The van der Waals surface area contributed by atoms with Crippen LogP contribution >= 0.6 is 0 Å². The lowest BCUT2D eigenvalue weighted by atomic mass is 10.2. The van der Waals surface area contributed by atoms with E-state index < -0.39 is 0 Å². The number of hydrogen-bond acceptors (Lipinski definition) is 4. The Morgan fingerprint density at radius 2 is 2.15 bits per heavy atom. The molecule has 1 atom stereocenters. The van der Waals surface area contributed by atoms with Crippen molar-refractivity contribution >= 4 is 11.8 Å². The van der Waals surface area contributed by atoms with E-state index in [2.05, 4.69) is 10.2 Å². The first kappa shape index (κ1) is 15.3. The fraction of sp³-hybridized carbons (Fsp3) is 0.857. The fourth-order valence-corrected chi connectivity index (χ4v) is 2.67. The highest BCUT2D eigenvalue weighted by Gasteiger charge is 2.23. The molecule has 2 amide bonds. The van der Waals surface area contributed by atoms with Crippen LogP contribution in [-0.2, 0) is 14.3 Å². The zero-order valence-electron chi connectivity index (χ0n) is 12.3. The Morgan fingerprint density at radius 1 is 1.40 bits per heavy atom. The summed E-state index contributed by atoms with van der Waals surface area (Å²) in [4.78, 5) is 27.1. The molecule has 2 saturated heterocycles. The molecule has 114 valence electrons. The van der Waals surface area contributed by atoms with Gasteiger partial charge in [-0.3, -0.25) is 9.59 Å². The fourth-order valence-electron chi connectivity index (χ4n) is 2.67. The number of carbonyl (C=O) groups excluding carboxylic acids is 2. The Morgan fingerprint density at radius 3 is 2.85 bits per heavy atom. The standard InChI is InChI=1S/C14H25N3O3/c1-16-10-12(20-11-14(16)19)9-15-13(18)5-4-8-17-6-2-3-7-17/h12H,2-11H2,1H3,(H,15,18). The van der Waals surface area contributed by atoms with Crippen molar-refractivity contribution in [3.63, 3.8) is 0 Å². The van der Waals surface area contributed by atoms with Crippen LogP contribution in [0.25, 0.3) is 0 Å². The summed E-state index contributed by atoms with van der Waals surface area (Å²) in [6.45, 7) is 4.53. The van der Waals surface area contributed by atoms with Gasteiger partial charge in [0.25, 0.3) is 0 Å². The van der Waals surface area contributed by atoms with Crippen molar-refractivity contribution in [1.82, 2.24) is 15.1 Å². The maximum absolute atomic E-state index is 11.7. The third-order valence-electron chi connectivity index (χ3n) is 3.95. The normalized spacial score (nSPS) is 24.1. The van der Waals surface area contributed by atoms with Crippen molar-refractivity contribution in [2.45, 2.75) is 31.8 Å². The molecule has 0 aromatic heterocycles. The summed E-state index contributed by atoms with van der Waals surface area (Å²) in [5.74, 6) is 0.0746. The molecule has 6 nitrogen and oxygen atoms in total. The topological polar surface area (TPSA) is 61.9 Å². The summed E-state index contributed by atoms with van der Waals surface area (Å²) in [5.41, 5.74) is 0. The molecule has 0 bridgehead atoms. The number of carbonyl (C=O) groups is 2. The minimum atomic E-state index is -0.0831. The molecule has 0 aromatic rings. The van der Waals surface area contributed by atoms with Crippen LogP contribution in [0.15, 0.2) is 0 Å². The zero-order valence-corrected chi connectivity index (χ0v) is 12.3. The summed E-state index contributed by atoms with van der Waals surface area (Å²) >= 11 is 0. The number of nitrogens with zero attached hydrogens (tertiary/aromatic N) is 2. The van der Waals surface area contributed by atoms with E-state index in [-0.39, 0.29) is 24.5 Å². The SMILES string of the molecule is CN1CC(CNC(=O)CCCN2CCCC2)OCC1=O. The van der Waals surface area contributed by atoms with E-state index >= 15 is 0 Å². The van der Waals surface area contributed by atoms with Gasteiger partial charge in [-0.15, -0.1) is 0 Å². The van der Waals surface area contributed by atoms with Crippen LogP contribution in [0.3, 0.4) is 0 Å². The van der Waals surface area contributed by atoms with Crippen LogP contribution in [0.2, 0.25) is 0 Å². The third kappa shape index (κ3) is 4.76. The molecular weight excluding hydrogens is 258 g/mol. The molecule has 0 aliphatic carbocycles. The summed E-state index contributed by atoms with van der Waals surface area (Å²) in [6, 6.07) is 0. The van der Waals surface area contributed by atoms with Crippen molar-refractivity contribution in [2.75, 3.05) is 46.4 Å². The highest BCUT2D eigenvalue weighted by molar-refractivity contribution is 5.78. The second kappa shape index (κ2) is 7.59. The lowest BCUT2D eigenvalue weighted by Gasteiger charge is -2.29. The van der Waals surface area contributed by atoms with Gasteiger partial charge in [-0.05, 0) is 38.9 Å². The van der Waals surface area contributed by atoms with Gasteiger partial charge in [0, 0.05) is 26.6 Å². The van der Waals surface area contributed by atoms with Crippen molar-refractivity contribution in [2.24, 2.45) is 0 Å². The van der Waals surface area contributed by atoms with Gasteiger partial charge in [0.1, 0.15) is 6.61 Å². The summed E-state index contributed by atoms with van der Waals surface area (Å²) in [6.07, 6.45) is 3.98. The highest BCUT2D eigenvalue weighted by atomic mass is 16.5. The molecule has 1 unspecified atom stereocenters. The summed E-state index contributed by atoms with van der Waals surface area (Å²) < 4.78 is 5.38. The molecule has 20 heavy (non-hydrogen) atoms. The first-order valence-electron chi connectivity index (χ1n) is 7.50. The monoisotopic (exact) mass is 283 g/mol. The predicted molar refractivity (Wildman–Crippen MR) is 75.3 cm³/mol. The van der Waals surface area contributed by atoms with Gasteiger partial charge in [-0.2, -0.15) is 0 Å². The van der Waals surface area contributed by atoms with Gasteiger partial charge >= 0.3 is 0 Å². The van der Waals surface area contributed by atoms with E-state index in [1.165, 1.54) is 25.9 Å². The smallest absolute Gasteiger partial charge is 0.248 e. The van der Waals surface area contributed by atoms with Crippen LogP contribution in [0.5, 0.6) is 0 Å². The number of rotatable bonds is 6. The maximum Gasteiger partial charge on any atom is 0.248 e. The van der Waals surface area contributed by atoms with Crippen LogP contribution in [0.4, 0.5) is 0 Å². The molecule has 2 fully saturated rings. The third-order valence-corrected chi connectivity index (χ3v) is 3.95. The Bertz CT molecular complexity index is 343. The van der Waals surface area contributed by atoms with Crippen molar-refractivity contribution in [1.29, 1.82) is 0 Å². The average molecular weight is 283 g/mol. The molecule has 2 heterocycles. The number of ether oxygens (including phenoxy) is 1. The number of hydrogen-bond donors (Lipinski definition) is 1. The lowest BCUT2D eigenvalue weighted by Crippen LogP contribution is -2.48. The number of morpholine rings is 1. The Balaban J connectivity index is 1.54. The molecule has 0 aromatic carbocycles. The van der Waals surface area contributed by atoms with E-state index in [9.17, 15) is 9.59 Å². The van der Waals surface area contributed by atoms with Gasteiger partial charge in [-0.25, -0.2) is 0 Å². The van der Waals surface area contributed by atoms with E-state index in [1.54, 1.807) is 11.9 Å². The average Bonchev–Trinajstić information content (AvgIpc) is 2.93. The summed E-state index contributed by atoms with van der Waals surface area (Å²) in [5, 5.41) is 2.89. The van der Waals surface area contributed by atoms with Crippen LogP contribution in [0, 0.1) is 0 Å². The number of nitrogens with one attached hydrogen (secondary N) is 1. The van der Waals surface area contributed by atoms with Crippen LogP contribution in [-0.4, -0.2) is 74.1 Å². The molecule has 0 radical (unpaired) electrons. The first-order valence-corrected chi connectivity index (χ1v) is 7.50. The zero-order chi connectivity index (χ0) is 14.4. The number of likely N-dealkylation sites (tertiary alicyclic amines) is 1.